The molecule has 0 fully saturated rings. The fraction of sp³-hybridized carbons (Fsp3) is 0.115. The quantitative estimate of drug-likeness (QED) is 0.371. The number of aryl methyl sites for hydroxylation is 1. The molecule has 0 saturated carbocycles. The summed E-state index contributed by atoms with van der Waals surface area (Å²) in [6.45, 7) is 1.75. The lowest BCUT2D eigenvalue weighted by Crippen LogP contribution is -2.32. The summed E-state index contributed by atoms with van der Waals surface area (Å²) in [5.41, 5.74) is 1.92. The third kappa shape index (κ3) is 5.32. The van der Waals surface area contributed by atoms with E-state index < -0.39 is 11.9 Å². The number of hydrogen-bond donors (Lipinski definition) is 2. The molecule has 0 bridgehead atoms. The maximum absolute atomic E-state index is 14.3. The van der Waals surface area contributed by atoms with Crippen LogP contribution in [-0.4, -0.2) is 21.6 Å². The lowest BCUT2D eigenvalue weighted by atomic mass is 10.0. The topological polar surface area (TPSA) is 76.0 Å². The van der Waals surface area contributed by atoms with Crippen LogP contribution in [-0.2, 0) is 4.79 Å². The molecule has 1 atom stereocenters. The number of anilines is 1. The van der Waals surface area contributed by atoms with E-state index in [0.29, 0.717) is 22.1 Å². The van der Waals surface area contributed by atoms with Gasteiger partial charge in [0.05, 0.1) is 28.7 Å². The minimum absolute atomic E-state index is 0.0539. The van der Waals surface area contributed by atoms with E-state index in [1.807, 2.05) is 30.3 Å². The predicted octanol–water partition coefficient (Wildman–Crippen LogP) is 5.47. The van der Waals surface area contributed by atoms with E-state index in [-0.39, 0.29) is 23.9 Å². The Labute approximate surface area is 201 Å². The Morgan fingerprint density at radius 1 is 1.00 bits per heavy atom. The molecule has 6 nitrogen and oxygen atoms in total. The van der Waals surface area contributed by atoms with Crippen LogP contribution in [0, 0.1) is 12.7 Å². The van der Waals surface area contributed by atoms with E-state index in [4.69, 9.17) is 11.6 Å². The molecule has 1 aromatic heterocycles. The van der Waals surface area contributed by atoms with Crippen molar-refractivity contribution in [1.29, 1.82) is 0 Å². The van der Waals surface area contributed by atoms with Crippen LogP contribution < -0.4 is 10.6 Å². The molecule has 0 aliphatic heterocycles. The van der Waals surface area contributed by atoms with Gasteiger partial charge >= 0.3 is 0 Å². The van der Waals surface area contributed by atoms with E-state index in [1.165, 1.54) is 10.7 Å². The molecule has 3 aromatic carbocycles. The number of carbonyl (C=O) groups excluding carboxylic acids is 2. The van der Waals surface area contributed by atoms with Crippen LogP contribution in [0.2, 0.25) is 5.02 Å². The molecule has 34 heavy (non-hydrogen) atoms. The number of rotatable bonds is 7. The second-order valence-corrected chi connectivity index (χ2v) is 8.11. The highest BCUT2D eigenvalue weighted by molar-refractivity contribution is 6.33. The maximum Gasteiger partial charge on any atom is 0.253 e. The number of nitrogens with zero attached hydrogens (tertiary/aromatic N) is 2. The summed E-state index contributed by atoms with van der Waals surface area (Å²) in [5.74, 6) is -0.891. The molecule has 0 spiro atoms. The van der Waals surface area contributed by atoms with Gasteiger partial charge in [-0.3, -0.25) is 9.59 Å². The molecule has 172 valence electrons. The lowest BCUT2D eigenvalue weighted by molar-refractivity contribution is -0.116. The maximum atomic E-state index is 14.3. The second kappa shape index (κ2) is 10.3. The van der Waals surface area contributed by atoms with Crippen molar-refractivity contribution in [2.75, 3.05) is 5.32 Å². The highest BCUT2D eigenvalue weighted by Gasteiger charge is 2.22. The van der Waals surface area contributed by atoms with Gasteiger partial charge in [-0.2, -0.15) is 5.10 Å². The molecule has 4 aromatic rings. The summed E-state index contributed by atoms with van der Waals surface area (Å²) >= 11 is 6.17. The largest absolute Gasteiger partial charge is 0.345 e. The predicted molar refractivity (Wildman–Crippen MR) is 130 cm³/mol. The van der Waals surface area contributed by atoms with E-state index >= 15 is 0 Å². The molecule has 2 amide bonds. The van der Waals surface area contributed by atoms with Crippen molar-refractivity contribution in [3.05, 3.63) is 113 Å². The average molecular weight is 477 g/mol. The van der Waals surface area contributed by atoms with Gasteiger partial charge in [0, 0.05) is 6.07 Å². The van der Waals surface area contributed by atoms with Crippen molar-refractivity contribution in [1.82, 2.24) is 15.1 Å². The molecule has 8 heteroatoms. The smallest absolute Gasteiger partial charge is 0.253 e. The van der Waals surface area contributed by atoms with Crippen molar-refractivity contribution >= 4 is 29.2 Å². The lowest BCUT2D eigenvalue weighted by Gasteiger charge is -2.20. The van der Waals surface area contributed by atoms with Gasteiger partial charge in [-0.15, -0.1) is 0 Å². The number of carbonyl (C=O) groups is 2. The van der Waals surface area contributed by atoms with E-state index in [2.05, 4.69) is 15.7 Å². The number of halogens is 2. The first-order valence-corrected chi connectivity index (χ1v) is 11.0. The number of aromatic nitrogens is 2. The molecular weight excluding hydrogens is 455 g/mol. The number of hydrogen-bond acceptors (Lipinski definition) is 3. The Balaban J connectivity index is 1.56. The molecule has 4 rings (SSSR count). The van der Waals surface area contributed by atoms with Crippen molar-refractivity contribution < 1.29 is 14.0 Å². The second-order valence-electron chi connectivity index (χ2n) is 7.70. The van der Waals surface area contributed by atoms with Crippen LogP contribution in [0.4, 0.5) is 10.2 Å². The minimum Gasteiger partial charge on any atom is -0.345 e. The molecular formula is C26H22ClFN4O2. The van der Waals surface area contributed by atoms with Crippen molar-refractivity contribution in [2.45, 2.75) is 19.4 Å². The van der Waals surface area contributed by atoms with Crippen LogP contribution in [0.15, 0.2) is 84.9 Å². The van der Waals surface area contributed by atoms with Gasteiger partial charge < -0.3 is 10.6 Å². The van der Waals surface area contributed by atoms with E-state index in [9.17, 15) is 14.0 Å². The highest BCUT2D eigenvalue weighted by atomic mass is 35.5. The van der Waals surface area contributed by atoms with Crippen molar-refractivity contribution in [3.63, 3.8) is 0 Å². The van der Waals surface area contributed by atoms with Gasteiger partial charge in [0.2, 0.25) is 5.91 Å². The Kier molecular flexibility index (Phi) is 7.04. The normalized spacial score (nSPS) is 11.6. The average Bonchev–Trinajstić information content (AvgIpc) is 3.19. The Bertz CT molecular complexity index is 1320. The minimum atomic E-state index is -0.615. The van der Waals surface area contributed by atoms with Crippen LogP contribution in [0.5, 0.6) is 0 Å². The summed E-state index contributed by atoms with van der Waals surface area (Å²) in [6.07, 6.45) is -0.0539. The summed E-state index contributed by atoms with van der Waals surface area (Å²) in [5, 5.41) is 10.3. The molecule has 0 radical (unpaired) electrons. The Morgan fingerprint density at radius 2 is 1.68 bits per heavy atom. The summed E-state index contributed by atoms with van der Waals surface area (Å²) in [6, 6.07) is 23.1. The standard InChI is InChI=1S/C26H22ClFN4O2/c1-17-15-24(32(31-17)23-14-8-7-13-21(23)28)30-25(33)16-22(18-9-3-2-4-10-18)29-26(34)19-11-5-6-12-20(19)27/h2-15,22H,16H2,1H3,(H,29,34)(H,30,33). The third-order valence-electron chi connectivity index (χ3n) is 5.19. The molecule has 1 unspecified atom stereocenters. The zero-order valence-corrected chi connectivity index (χ0v) is 19.1. The summed E-state index contributed by atoms with van der Waals surface area (Å²) < 4.78 is 15.7. The van der Waals surface area contributed by atoms with Crippen LogP contribution in [0.1, 0.15) is 34.1 Å². The number of nitrogens with one attached hydrogen (secondary N) is 2. The molecule has 0 saturated heterocycles. The molecule has 2 N–H and O–H groups in total. The zero-order chi connectivity index (χ0) is 24.1. The Hall–Kier alpha value is -3.97. The number of benzene rings is 3. The van der Waals surface area contributed by atoms with Crippen LogP contribution in [0.25, 0.3) is 5.69 Å². The van der Waals surface area contributed by atoms with Gasteiger partial charge in [-0.25, -0.2) is 9.07 Å². The van der Waals surface area contributed by atoms with Crippen LogP contribution in [0.3, 0.4) is 0 Å². The number of amides is 2. The van der Waals surface area contributed by atoms with Gasteiger partial charge in [0.25, 0.3) is 5.91 Å². The van der Waals surface area contributed by atoms with Gasteiger partial charge in [0.1, 0.15) is 17.3 Å². The first-order chi connectivity index (χ1) is 16.4. The summed E-state index contributed by atoms with van der Waals surface area (Å²) in [7, 11) is 0. The van der Waals surface area contributed by atoms with Gasteiger partial charge in [-0.1, -0.05) is 66.2 Å². The van der Waals surface area contributed by atoms with E-state index in [1.54, 1.807) is 55.5 Å². The highest BCUT2D eigenvalue weighted by Crippen LogP contribution is 2.23. The first-order valence-electron chi connectivity index (χ1n) is 10.6. The zero-order valence-electron chi connectivity index (χ0n) is 18.3. The number of para-hydroxylation sites is 1. The summed E-state index contributed by atoms with van der Waals surface area (Å²) in [4.78, 5) is 25.9. The van der Waals surface area contributed by atoms with Gasteiger partial charge in [0.15, 0.2) is 0 Å². The SMILES string of the molecule is Cc1cc(NC(=O)CC(NC(=O)c2ccccc2Cl)c2ccccc2)n(-c2ccccc2F)n1. The molecule has 0 aliphatic rings. The van der Waals surface area contributed by atoms with Gasteiger partial charge in [-0.05, 0) is 36.8 Å². The first kappa shape index (κ1) is 23.2. The van der Waals surface area contributed by atoms with Crippen LogP contribution >= 0.6 is 11.6 Å². The molecule has 0 aliphatic carbocycles. The van der Waals surface area contributed by atoms with E-state index in [0.717, 1.165) is 5.56 Å². The van der Waals surface area contributed by atoms with Crippen molar-refractivity contribution in [2.24, 2.45) is 0 Å². The third-order valence-corrected chi connectivity index (χ3v) is 5.52. The van der Waals surface area contributed by atoms with Crippen molar-refractivity contribution in [3.8, 4) is 5.69 Å². The Morgan fingerprint density at radius 3 is 2.41 bits per heavy atom. The fourth-order valence-corrected chi connectivity index (χ4v) is 3.82. The monoisotopic (exact) mass is 476 g/mol. The fourth-order valence-electron chi connectivity index (χ4n) is 3.59. The molecule has 1 heterocycles.